The van der Waals surface area contributed by atoms with Crippen molar-refractivity contribution in [3.05, 3.63) is 0 Å². The molecule has 0 aromatic heterocycles. The number of carbonyl (C=O) groups is 2. The SMILES string of the molecule is Cl.NC(=O)[C@H](F)C[C@H](N)C(=O)O. The first-order valence-electron chi connectivity index (χ1n) is 2.87. The molecule has 0 rings (SSSR count). The Labute approximate surface area is 74.3 Å². The molecule has 0 radical (unpaired) electrons. The van der Waals surface area contributed by atoms with E-state index in [1.54, 1.807) is 0 Å². The van der Waals surface area contributed by atoms with Gasteiger partial charge < -0.3 is 16.6 Å². The van der Waals surface area contributed by atoms with E-state index < -0.39 is 30.5 Å². The fourth-order valence-electron chi connectivity index (χ4n) is 0.440. The largest absolute Gasteiger partial charge is 0.480 e. The Kier molecular flexibility index (Phi) is 6.54. The highest BCUT2D eigenvalue weighted by Crippen LogP contribution is 1.99. The summed E-state index contributed by atoms with van der Waals surface area (Å²) < 4.78 is 12.3. The van der Waals surface area contributed by atoms with E-state index in [-0.39, 0.29) is 12.4 Å². The van der Waals surface area contributed by atoms with Crippen LogP contribution in [-0.4, -0.2) is 29.2 Å². The monoisotopic (exact) mass is 200 g/mol. The zero-order valence-electron chi connectivity index (χ0n) is 6.07. The third-order valence-corrected chi connectivity index (χ3v) is 1.09. The predicted octanol–water partition coefficient (Wildman–Crippen LogP) is -0.966. The molecule has 0 fully saturated rings. The number of rotatable bonds is 4. The molecule has 5 N–H and O–H groups in total. The van der Waals surface area contributed by atoms with Crippen molar-refractivity contribution in [2.75, 3.05) is 0 Å². The lowest BCUT2D eigenvalue weighted by molar-refractivity contribution is -0.139. The number of hydrogen-bond acceptors (Lipinski definition) is 3. The van der Waals surface area contributed by atoms with Gasteiger partial charge in [0, 0.05) is 6.42 Å². The molecule has 0 spiro atoms. The minimum absolute atomic E-state index is 0. The lowest BCUT2D eigenvalue weighted by Crippen LogP contribution is -2.37. The Hall–Kier alpha value is -0.880. The molecule has 0 aliphatic carbocycles. The Balaban J connectivity index is 0. The number of carbonyl (C=O) groups excluding carboxylic acids is 1. The van der Waals surface area contributed by atoms with E-state index in [0.717, 1.165) is 0 Å². The zero-order chi connectivity index (χ0) is 9.02. The Morgan fingerprint density at radius 1 is 1.50 bits per heavy atom. The van der Waals surface area contributed by atoms with Gasteiger partial charge in [-0.1, -0.05) is 0 Å². The van der Waals surface area contributed by atoms with Crippen molar-refractivity contribution in [2.24, 2.45) is 11.5 Å². The summed E-state index contributed by atoms with van der Waals surface area (Å²) in [6.45, 7) is 0. The van der Waals surface area contributed by atoms with E-state index >= 15 is 0 Å². The summed E-state index contributed by atoms with van der Waals surface area (Å²) in [5.41, 5.74) is 9.43. The summed E-state index contributed by atoms with van der Waals surface area (Å²) in [5.74, 6) is -2.55. The van der Waals surface area contributed by atoms with Gasteiger partial charge in [0.1, 0.15) is 6.04 Å². The number of primary amides is 1. The molecule has 0 saturated carbocycles. The highest BCUT2D eigenvalue weighted by atomic mass is 35.5. The predicted molar refractivity (Wildman–Crippen MR) is 41.6 cm³/mol. The molecule has 12 heavy (non-hydrogen) atoms. The standard InChI is InChI=1S/C5H9FN2O3.ClH/c6-2(4(8)9)1-3(7)5(10)11;/h2-3H,1,7H2,(H2,8,9)(H,10,11);1H/t2-,3+;/m1./s1. The molecule has 5 nitrogen and oxygen atoms in total. The third kappa shape index (κ3) is 4.86. The van der Waals surface area contributed by atoms with E-state index in [0.29, 0.717) is 0 Å². The number of amides is 1. The average Bonchev–Trinajstić information content (AvgIpc) is 1.87. The highest BCUT2D eigenvalue weighted by molar-refractivity contribution is 5.85. The van der Waals surface area contributed by atoms with Crippen molar-refractivity contribution < 1.29 is 19.1 Å². The van der Waals surface area contributed by atoms with E-state index in [4.69, 9.17) is 10.8 Å². The maximum Gasteiger partial charge on any atom is 0.320 e. The number of carboxylic acid groups (broad SMARTS) is 1. The second kappa shape index (κ2) is 5.73. The second-order valence-corrected chi connectivity index (χ2v) is 2.05. The number of alkyl halides is 1. The normalized spacial score (nSPS) is 14.2. The molecule has 0 saturated heterocycles. The van der Waals surface area contributed by atoms with Crippen molar-refractivity contribution in [2.45, 2.75) is 18.6 Å². The van der Waals surface area contributed by atoms with Gasteiger partial charge in [-0.05, 0) is 0 Å². The van der Waals surface area contributed by atoms with Crippen LogP contribution in [0.3, 0.4) is 0 Å². The van der Waals surface area contributed by atoms with Crippen molar-refractivity contribution in [1.29, 1.82) is 0 Å². The van der Waals surface area contributed by atoms with Crippen LogP contribution in [0.15, 0.2) is 0 Å². The van der Waals surface area contributed by atoms with Crippen molar-refractivity contribution >= 4 is 24.3 Å². The van der Waals surface area contributed by atoms with Crippen molar-refractivity contribution in [3.8, 4) is 0 Å². The van der Waals surface area contributed by atoms with Crippen LogP contribution < -0.4 is 11.5 Å². The summed E-state index contributed by atoms with van der Waals surface area (Å²) in [5, 5.41) is 8.17. The lowest BCUT2D eigenvalue weighted by Gasteiger charge is -2.06. The van der Waals surface area contributed by atoms with Gasteiger partial charge in [-0.2, -0.15) is 0 Å². The molecular formula is C5H10ClFN2O3. The van der Waals surface area contributed by atoms with Gasteiger partial charge in [-0.15, -0.1) is 12.4 Å². The number of hydrogen-bond donors (Lipinski definition) is 3. The van der Waals surface area contributed by atoms with E-state index in [1.165, 1.54) is 0 Å². The molecule has 7 heteroatoms. The van der Waals surface area contributed by atoms with Crippen LogP contribution in [0.2, 0.25) is 0 Å². The Morgan fingerprint density at radius 3 is 2.17 bits per heavy atom. The lowest BCUT2D eigenvalue weighted by atomic mass is 10.1. The second-order valence-electron chi connectivity index (χ2n) is 2.05. The number of carboxylic acids is 1. The van der Waals surface area contributed by atoms with Crippen LogP contribution in [0.25, 0.3) is 0 Å². The van der Waals surface area contributed by atoms with Crippen molar-refractivity contribution in [1.82, 2.24) is 0 Å². The molecule has 2 atom stereocenters. The molecule has 1 amide bonds. The molecule has 0 aliphatic rings. The summed E-state index contributed by atoms with van der Waals surface area (Å²) in [7, 11) is 0. The topological polar surface area (TPSA) is 106 Å². The highest BCUT2D eigenvalue weighted by Gasteiger charge is 2.21. The summed E-state index contributed by atoms with van der Waals surface area (Å²) in [4.78, 5) is 20.1. The molecule has 0 unspecified atom stereocenters. The van der Waals surface area contributed by atoms with Gasteiger partial charge in [0.2, 0.25) is 0 Å². The Morgan fingerprint density at radius 2 is 1.92 bits per heavy atom. The van der Waals surface area contributed by atoms with Gasteiger partial charge in [0.25, 0.3) is 5.91 Å². The maximum absolute atomic E-state index is 12.3. The fourth-order valence-corrected chi connectivity index (χ4v) is 0.440. The first-order valence-corrected chi connectivity index (χ1v) is 2.87. The van der Waals surface area contributed by atoms with Gasteiger partial charge >= 0.3 is 5.97 Å². The van der Waals surface area contributed by atoms with Gasteiger partial charge in [-0.3, -0.25) is 9.59 Å². The molecule has 0 aromatic rings. The summed E-state index contributed by atoms with van der Waals surface area (Å²) >= 11 is 0. The minimum Gasteiger partial charge on any atom is -0.480 e. The Bertz CT molecular complexity index is 160. The summed E-state index contributed by atoms with van der Waals surface area (Å²) in [6, 6.07) is -1.38. The fraction of sp³-hybridized carbons (Fsp3) is 0.600. The van der Waals surface area contributed by atoms with Crippen LogP contribution in [0, 0.1) is 0 Å². The summed E-state index contributed by atoms with van der Waals surface area (Å²) in [6.07, 6.45) is -2.56. The van der Waals surface area contributed by atoms with Crippen LogP contribution in [0.1, 0.15) is 6.42 Å². The minimum atomic E-state index is -1.99. The molecule has 0 bridgehead atoms. The van der Waals surface area contributed by atoms with Crippen molar-refractivity contribution in [3.63, 3.8) is 0 Å². The van der Waals surface area contributed by atoms with Crippen LogP contribution in [-0.2, 0) is 9.59 Å². The molecule has 0 aromatic carbocycles. The van der Waals surface area contributed by atoms with Gasteiger partial charge in [0.15, 0.2) is 6.17 Å². The first-order chi connectivity index (χ1) is 4.95. The third-order valence-electron chi connectivity index (χ3n) is 1.09. The molecule has 72 valence electrons. The maximum atomic E-state index is 12.3. The van der Waals surface area contributed by atoms with Crippen LogP contribution >= 0.6 is 12.4 Å². The quantitative estimate of drug-likeness (QED) is 0.543. The number of nitrogens with two attached hydrogens (primary N) is 2. The van der Waals surface area contributed by atoms with Crippen LogP contribution in [0.5, 0.6) is 0 Å². The van der Waals surface area contributed by atoms with E-state index in [9.17, 15) is 14.0 Å². The van der Waals surface area contributed by atoms with Crippen LogP contribution in [0.4, 0.5) is 4.39 Å². The van der Waals surface area contributed by atoms with Gasteiger partial charge in [-0.25, -0.2) is 4.39 Å². The molecular weight excluding hydrogens is 191 g/mol. The smallest absolute Gasteiger partial charge is 0.320 e. The average molecular weight is 201 g/mol. The van der Waals surface area contributed by atoms with E-state index in [2.05, 4.69) is 5.73 Å². The number of halogens is 2. The van der Waals surface area contributed by atoms with Gasteiger partial charge in [0.05, 0.1) is 0 Å². The van der Waals surface area contributed by atoms with E-state index in [1.807, 2.05) is 0 Å². The molecule has 0 aliphatic heterocycles. The number of aliphatic carboxylic acids is 1. The first kappa shape index (κ1) is 13.7. The molecule has 0 heterocycles. The zero-order valence-corrected chi connectivity index (χ0v) is 6.88.